The van der Waals surface area contributed by atoms with E-state index in [9.17, 15) is 22.4 Å². The van der Waals surface area contributed by atoms with Crippen LogP contribution in [0.1, 0.15) is 18.9 Å². The standard InChI is InChI=1S/C27H30FN3O4S/c1-3-25(27(33)29-2)30(19-18-21-10-6-4-7-11-21)26(32)20-31(23-16-14-22(28)15-17-23)36(34,35)24-12-8-5-9-13-24/h4-17,25H,3,18-20H2,1-2H3,(H,29,33)/t25-/m1/s1. The minimum absolute atomic E-state index is 0.00342. The fourth-order valence-electron chi connectivity index (χ4n) is 3.92. The molecule has 7 nitrogen and oxygen atoms in total. The lowest BCUT2D eigenvalue weighted by Crippen LogP contribution is -2.52. The van der Waals surface area contributed by atoms with Gasteiger partial charge in [-0.15, -0.1) is 0 Å². The Bertz CT molecular complexity index is 1250. The van der Waals surface area contributed by atoms with Crippen LogP contribution in [-0.4, -0.2) is 51.3 Å². The molecule has 0 fully saturated rings. The van der Waals surface area contributed by atoms with Crippen LogP contribution < -0.4 is 9.62 Å². The summed E-state index contributed by atoms with van der Waals surface area (Å²) in [5, 5.41) is 2.59. The summed E-state index contributed by atoms with van der Waals surface area (Å²) in [5.41, 5.74) is 1.12. The molecule has 0 saturated heterocycles. The number of carbonyl (C=O) groups is 2. The first kappa shape index (κ1) is 26.9. The van der Waals surface area contributed by atoms with E-state index < -0.39 is 34.3 Å². The van der Waals surface area contributed by atoms with Gasteiger partial charge in [-0.1, -0.05) is 55.5 Å². The van der Waals surface area contributed by atoms with Crippen LogP contribution in [0.2, 0.25) is 0 Å². The Labute approximate surface area is 211 Å². The molecule has 0 heterocycles. The molecule has 190 valence electrons. The third-order valence-electron chi connectivity index (χ3n) is 5.84. The van der Waals surface area contributed by atoms with Gasteiger partial charge in [0.15, 0.2) is 0 Å². The SMILES string of the molecule is CC[C@H](C(=O)NC)N(CCc1ccccc1)C(=O)CN(c1ccc(F)cc1)S(=O)(=O)c1ccccc1. The molecular formula is C27H30FN3O4S. The second-order valence-electron chi connectivity index (χ2n) is 8.16. The van der Waals surface area contributed by atoms with Crippen molar-refractivity contribution in [2.45, 2.75) is 30.7 Å². The van der Waals surface area contributed by atoms with Crippen LogP contribution in [0.15, 0.2) is 89.8 Å². The Morgan fingerprint density at radius 3 is 2.06 bits per heavy atom. The normalized spacial score (nSPS) is 12.0. The summed E-state index contributed by atoms with van der Waals surface area (Å²) in [5.74, 6) is -1.40. The maximum atomic E-state index is 13.7. The van der Waals surface area contributed by atoms with Gasteiger partial charge in [-0.3, -0.25) is 13.9 Å². The van der Waals surface area contributed by atoms with Crippen LogP contribution in [-0.2, 0) is 26.0 Å². The van der Waals surface area contributed by atoms with Crippen molar-refractivity contribution < 1.29 is 22.4 Å². The third-order valence-corrected chi connectivity index (χ3v) is 7.63. The second kappa shape index (κ2) is 12.3. The maximum absolute atomic E-state index is 13.7. The molecule has 1 atom stereocenters. The van der Waals surface area contributed by atoms with Crippen molar-refractivity contribution in [3.63, 3.8) is 0 Å². The molecule has 3 rings (SSSR count). The number of anilines is 1. The van der Waals surface area contributed by atoms with Crippen LogP contribution >= 0.6 is 0 Å². The third kappa shape index (κ3) is 6.48. The van der Waals surface area contributed by atoms with E-state index in [-0.39, 0.29) is 23.0 Å². The predicted octanol–water partition coefficient (Wildman–Crippen LogP) is 3.62. The minimum atomic E-state index is -4.16. The van der Waals surface area contributed by atoms with E-state index in [4.69, 9.17) is 0 Å². The van der Waals surface area contributed by atoms with E-state index in [2.05, 4.69) is 5.32 Å². The average Bonchev–Trinajstić information content (AvgIpc) is 2.90. The highest BCUT2D eigenvalue weighted by molar-refractivity contribution is 7.92. The number of hydrogen-bond acceptors (Lipinski definition) is 4. The summed E-state index contributed by atoms with van der Waals surface area (Å²) in [4.78, 5) is 27.7. The molecule has 1 N–H and O–H groups in total. The van der Waals surface area contributed by atoms with Gasteiger partial charge in [0.25, 0.3) is 10.0 Å². The Kier molecular flexibility index (Phi) is 9.19. The van der Waals surface area contributed by atoms with E-state index in [0.29, 0.717) is 12.8 Å². The molecule has 2 amide bonds. The van der Waals surface area contributed by atoms with Gasteiger partial charge in [0, 0.05) is 13.6 Å². The lowest BCUT2D eigenvalue weighted by atomic mass is 10.1. The van der Waals surface area contributed by atoms with Crippen molar-refractivity contribution in [1.29, 1.82) is 0 Å². The van der Waals surface area contributed by atoms with Crippen LogP contribution in [0.25, 0.3) is 0 Å². The monoisotopic (exact) mass is 511 g/mol. The first-order chi connectivity index (χ1) is 17.3. The van der Waals surface area contributed by atoms with Crippen molar-refractivity contribution in [1.82, 2.24) is 10.2 Å². The molecule has 3 aromatic carbocycles. The van der Waals surface area contributed by atoms with Crippen molar-refractivity contribution in [2.24, 2.45) is 0 Å². The summed E-state index contributed by atoms with van der Waals surface area (Å²) in [6.45, 7) is 1.46. The van der Waals surface area contributed by atoms with Gasteiger partial charge in [-0.2, -0.15) is 0 Å². The molecule has 0 aliphatic carbocycles. The summed E-state index contributed by atoms with van der Waals surface area (Å²) in [6.07, 6.45) is 0.838. The molecule has 9 heteroatoms. The van der Waals surface area contributed by atoms with Crippen LogP contribution in [0.5, 0.6) is 0 Å². The first-order valence-corrected chi connectivity index (χ1v) is 13.1. The fourth-order valence-corrected chi connectivity index (χ4v) is 5.35. The molecule has 0 aromatic heterocycles. The van der Waals surface area contributed by atoms with E-state index in [0.717, 1.165) is 22.0 Å². The number of halogens is 1. The largest absolute Gasteiger partial charge is 0.357 e. The van der Waals surface area contributed by atoms with E-state index >= 15 is 0 Å². The number of rotatable bonds is 11. The molecule has 36 heavy (non-hydrogen) atoms. The zero-order valence-electron chi connectivity index (χ0n) is 20.3. The van der Waals surface area contributed by atoms with Gasteiger partial charge < -0.3 is 10.2 Å². The molecule has 0 aliphatic heterocycles. The minimum Gasteiger partial charge on any atom is -0.357 e. The highest BCUT2D eigenvalue weighted by Crippen LogP contribution is 2.24. The smallest absolute Gasteiger partial charge is 0.264 e. The molecular weight excluding hydrogens is 481 g/mol. The maximum Gasteiger partial charge on any atom is 0.264 e. The van der Waals surface area contributed by atoms with Gasteiger partial charge in [-0.05, 0) is 54.8 Å². The second-order valence-corrected chi connectivity index (χ2v) is 10.0. The Hall–Kier alpha value is -3.72. The highest BCUT2D eigenvalue weighted by atomic mass is 32.2. The molecule has 0 aliphatic rings. The topological polar surface area (TPSA) is 86.8 Å². The summed E-state index contributed by atoms with van der Waals surface area (Å²) in [6, 6.07) is 21.4. The number of carbonyl (C=O) groups excluding carboxylic acids is 2. The van der Waals surface area contributed by atoms with E-state index in [1.165, 1.54) is 36.2 Å². The number of benzene rings is 3. The lowest BCUT2D eigenvalue weighted by Gasteiger charge is -2.33. The van der Waals surface area contributed by atoms with Gasteiger partial charge in [0.1, 0.15) is 18.4 Å². The number of likely N-dealkylation sites (N-methyl/N-ethyl adjacent to an activating group) is 1. The van der Waals surface area contributed by atoms with Crippen LogP contribution in [0, 0.1) is 5.82 Å². The lowest BCUT2D eigenvalue weighted by molar-refractivity contribution is -0.139. The zero-order chi connectivity index (χ0) is 26.1. The van der Waals surface area contributed by atoms with Crippen molar-refractivity contribution in [3.05, 3.63) is 96.3 Å². The molecule has 0 radical (unpaired) electrons. The van der Waals surface area contributed by atoms with Gasteiger partial charge in [-0.25, -0.2) is 12.8 Å². The molecule has 3 aromatic rings. The van der Waals surface area contributed by atoms with E-state index in [1.807, 2.05) is 30.3 Å². The Morgan fingerprint density at radius 1 is 0.917 bits per heavy atom. The number of nitrogens with one attached hydrogen (secondary N) is 1. The summed E-state index contributed by atoms with van der Waals surface area (Å²) >= 11 is 0. The number of amides is 2. The summed E-state index contributed by atoms with van der Waals surface area (Å²) < 4.78 is 41.7. The van der Waals surface area contributed by atoms with Gasteiger partial charge in [0.2, 0.25) is 11.8 Å². The number of nitrogens with zero attached hydrogens (tertiary/aromatic N) is 2. The van der Waals surface area contributed by atoms with Crippen molar-refractivity contribution in [3.8, 4) is 0 Å². The summed E-state index contributed by atoms with van der Waals surface area (Å²) in [7, 11) is -2.66. The van der Waals surface area contributed by atoms with Crippen LogP contribution in [0.3, 0.4) is 0 Å². The van der Waals surface area contributed by atoms with Gasteiger partial charge >= 0.3 is 0 Å². The quantitative estimate of drug-likeness (QED) is 0.426. The average molecular weight is 512 g/mol. The Balaban J connectivity index is 1.98. The Morgan fingerprint density at radius 2 is 1.50 bits per heavy atom. The fraction of sp³-hybridized carbons (Fsp3) is 0.259. The van der Waals surface area contributed by atoms with Crippen molar-refractivity contribution in [2.75, 3.05) is 24.4 Å². The molecule has 0 unspecified atom stereocenters. The predicted molar refractivity (Wildman–Crippen MR) is 137 cm³/mol. The molecule has 0 bridgehead atoms. The first-order valence-electron chi connectivity index (χ1n) is 11.7. The van der Waals surface area contributed by atoms with E-state index in [1.54, 1.807) is 25.1 Å². The number of sulfonamides is 1. The number of hydrogen-bond donors (Lipinski definition) is 1. The van der Waals surface area contributed by atoms with Gasteiger partial charge in [0.05, 0.1) is 10.6 Å². The zero-order valence-corrected chi connectivity index (χ0v) is 21.1. The molecule has 0 spiro atoms. The van der Waals surface area contributed by atoms with Crippen LogP contribution in [0.4, 0.5) is 10.1 Å². The highest BCUT2D eigenvalue weighted by Gasteiger charge is 2.33. The van der Waals surface area contributed by atoms with Crippen molar-refractivity contribution >= 4 is 27.5 Å². The molecule has 0 saturated carbocycles.